The Morgan fingerprint density at radius 1 is 1.06 bits per heavy atom. The monoisotopic (exact) mass is 226 g/mol. The molecule has 16 heavy (non-hydrogen) atoms. The number of hydrogen-bond donors (Lipinski definition) is 0. The fraction of sp³-hybridized carbons (Fsp3) is 0. The summed E-state index contributed by atoms with van der Waals surface area (Å²) in [5, 5.41) is 0. The second-order valence-corrected chi connectivity index (χ2v) is 3.05. The van der Waals surface area contributed by atoms with E-state index >= 15 is 0 Å². The topological polar surface area (TPSA) is 30.2 Å². The van der Waals surface area contributed by atoms with Crippen LogP contribution in [0.3, 0.4) is 0 Å². The van der Waals surface area contributed by atoms with Crippen LogP contribution in [-0.2, 0) is 0 Å². The second kappa shape index (κ2) is 3.84. The minimum absolute atomic E-state index is 0.134. The fourth-order valence-corrected chi connectivity index (χ4v) is 1.24. The van der Waals surface area contributed by atoms with Gasteiger partial charge in [0.05, 0.1) is 11.8 Å². The molecule has 0 aliphatic carbocycles. The van der Waals surface area contributed by atoms with Crippen molar-refractivity contribution in [1.82, 2.24) is 0 Å². The molecule has 0 spiro atoms. The van der Waals surface area contributed by atoms with Crippen LogP contribution in [0.4, 0.5) is 13.2 Å². The normalized spacial score (nSPS) is 10.4. The highest BCUT2D eigenvalue weighted by molar-refractivity contribution is 6.07. The summed E-state index contributed by atoms with van der Waals surface area (Å²) in [6.45, 7) is 0. The van der Waals surface area contributed by atoms with Crippen LogP contribution in [0.25, 0.3) is 0 Å². The van der Waals surface area contributed by atoms with Crippen LogP contribution in [0.2, 0.25) is 0 Å². The molecule has 0 atom stereocenters. The number of hydrogen-bond acceptors (Lipinski definition) is 2. The highest BCUT2D eigenvalue weighted by atomic mass is 19.2. The lowest BCUT2D eigenvalue weighted by molar-refractivity contribution is 0.100. The summed E-state index contributed by atoms with van der Waals surface area (Å²) in [7, 11) is 0. The van der Waals surface area contributed by atoms with Gasteiger partial charge in [-0.2, -0.15) is 0 Å². The molecule has 1 heterocycles. The van der Waals surface area contributed by atoms with Crippen molar-refractivity contribution < 1.29 is 22.4 Å². The zero-order valence-electron chi connectivity index (χ0n) is 7.84. The number of furan rings is 1. The van der Waals surface area contributed by atoms with Crippen LogP contribution in [-0.4, -0.2) is 5.78 Å². The van der Waals surface area contributed by atoms with Crippen molar-refractivity contribution in [2.45, 2.75) is 0 Å². The minimum Gasteiger partial charge on any atom is -0.461 e. The molecule has 1 aromatic heterocycles. The van der Waals surface area contributed by atoms with E-state index in [0.29, 0.717) is 12.1 Å². The molecule has 0 radical (unpaired) electrons. The molecule has 0 saturated carbocycles. The molecular weight excluding hydrogens is 221 g/mol. The van der Waals surface area contributed by atoms with Gasteiger partial charge in [-0.1, -0.05) is 0 Å². The number of carbonyl (C=O) groups is 1. The van der Waals surface area contributed by atoms with Crippen molar-refractivity contribution in [1.29, 1.82) is 0 Å². The maximum atomic E-state index is 13.2. The molecule has 1 aromatic carbocycles. The molecule has 82 valence electrons. The third kappa shape index (κ3) is 1.71. The first-order chi connectivity index (χ1) is 7.59. The molecule has 0 unspecified atom stereocenters. The van der Waals surface area contributed by atoms with Crippen molar-refractivity contribution in [3.05, 3.63) is 59.3 Å². The van der Waals surface area contributed by atoms with Crippen molar-refractivity contribution in [2.24, 2.45) is 0 Å². The third-order valence-corrected chi connectivity index (χ3v) is 2.00. The highest BCUT2D eigenvalue weighted by Gasteiger charge is 2.19. The van der Waals surface area contributed by atoms with E-state index in [0.717, 1.165) is 0 Å². The Labute approximate surface area is 88.3 Å². The van der Waals surface area contributed by atoms with Crippen molar-refractivity contribution in [3.63, 3.8) is 0 Å². The summed E-state index contributed by atoms with van der Waals surface area (Å²) >= 11 is 0. The van der Waals surface area contributed by atoms with E-state index in [9.17, 15) is 18.0 Å². The summed E-state index contributed by atoms with van der Waals surface area (Å²) in [5.41, 5.74) is -0.561. The Balaban J connectivity index is 2.49. The number of carbonyl (C=O) groups excluding carboxylic acids is 1. The number of rotatable bonds is 2. The Kier molecular flexibility index (Phi) is 2.52. The quantitative estimate of drug-likeness (QED) is 0.582. The summed E-state index contributed by atoms with van der Waals surface area (Å²) < 4.78 is 43.4. The number of halogens is 3. The molecular formula is C11H5F3O2. The second-order valence-electron chi connectivity index (χ2n) is 3.05. The predicted molar refractivity (Wildman–Crippen MR) is 48.5 cm³/mol. The summed E-state index contributed by atoms with van der Waals surface area (Å²) in [4.78, 5) is 11.6. The van der Waals surface area contributed by atoms with Gasteiger partial charge in [-0.05, 0) is 18.2 Å². The van der Waals surface area contributed by atoms with Gasteiger partial charge in [0.2, 0.25) is 5.78 Å². The first-order valence-electron chi connectivity index (χ1n) is 4.32. The van der Waals surface area contributed by atoms with Gasteiger partial charge in [-0.3, -0.25) is 4.79 Å². The van der Waals surface area contributed by atoms with Gasteiger partial charge in [0.15, 0.2) is 17.4 Å². The lowest BCUT2D eigenvalue weighted by atomic mass is 10.1. The minimum atomic E-state index is -1.34. The summed E-state index contributed by atoms with van der Waals surface area (Å²) in [6.07, 6.45) is 1.23. The van der Waals surface area contributed by atoms with E-state index in [1.54, 1.807) is 0 Å². The Morgan fingerprint density at radius 3 is 2.38 bits per heavy atom. The van der Waals surface area contributed by atoms with Crippen LogP contribution in [0.15, 0.2) is 34.9 Å². The average Bonchev–Trinajstić information content (AvgIpc) is 2.75. The first-order valence-corrected chi connectivity index (χ1v) is 4.32. The van der Waals surface area contributed by atoms with Crippen LogP contribution >= 0.6 is 0 Å². The van der Waals surface area contributed by atoms with E-state index in [2.05, 4.69) is 0 Å². The van der Waals surface area contributed by atoms with Gasteiger partial charge in [0.25, 0.3) is 0 Å². The lowest BCUT2D eigenvalue weighted by Crippen LogP contribution is -2.05. The molecule has 0 N–H and O–H groups in total. The predicted octanol–water partition coefficient (Wildman–Crippen LogP) is 2.93. The molecule has 2 aromatic rings. The van der Waals surface area contributed by atoms with E-state index in [1.165, 1.54) is 18.4 Å². The molecule has 0 aliphatic heterocycles. The standard InChI is InChI=1S/C11H5F3O2/c12-7-5-9(14)8(13)4-6(7)11(15)10-2-1-3-16-10/h1-5H. The zero-order chi connectivity index (χ0) is 11.7. The molecule has 0 aliphatic rings. The summed E-state index contributed by atoms with van der Waals surface area (Å²) in [5.74, 6) is -4.71. The van der Waals surface area contributed by atoms with E-state index in [-0.39, 0.29) is 5.76 Å². The molecule has 2 nitrogen and oxygen atoms in total. The SMILES string of the molecule is O=C(c1ccco1)c1cc(F)c(F)cc1F. The van der Waals surface area contributed by atoms with Crippen molar-refractivity contribution in [2.75, 3.05) is 0 Å². The maximum absolute atomic E-state index is 13.2. The van der Waals surface area contributed by atoms with Gasteiger partial charge in [0, 0.05) is 6.07 Å². The molecule has 0 fully saturated rings. The largest absolute Gasteiger partial charge is 0.461 e. The van der Waals surface area contributed by atoms with Crippen LogP contribution < -0.4 is 0 Å². The van der Waals surface area contributed by atoms with E-state index < -0.39 is 28.8 Å². The van der Waals surface area contributed by atoms with E-state index in [4.69, 9.17) is 4.42 Å². The van der Waals surface area contributed by atoms with Crippen LogP contribution in [0, 0.1) is 17.5 Å². The Bertz CT molecular complexity index is 532. The lowest BCUT2D eigenvalue weighted by Gasteiger charge is -2.01. The van der Waals surface area contributed by atoms with Gasteiger partial charge in [-0.15, -0.1) is 0 Å². The maximum Gasteiger partial charge on any atom is 0.231 e. The molecule has 5 heteroatoms. The fourth-order valence-electron chi connectivity index (χ4n) is 1.24. The van der Waals surface area contributed by atoms with Crippen LogP contribution in [0.1, 0.15) is 16.1 Å². The van der Waals surface area contributed by atoms with Crippen LogP contribution in [0.5, 0.6) is 0 Å². The van der Waals surface area contributed by atoms with Gasteiger partial charge in [-0.25, -0.2) is 13.2 Å². The summed E-state index contributed by atoms with van der Waals surface area (Å²) in [6, 6.07) is 3.58. The molecule has 0 saturated heterocycles. The van der Waals surface area contributed by atoms with E-state index in [1.807, 2.05) is 0 Å². The third-order valence-electron chi connectivity index (χ3n) is 2.00. The first kappa shape index (κ1) is 10.5. The molecule has 0 amide bonds. The van der Waals surface area contributed by atoms with Crippen molar-refractivity contribution >= 4 is 5.78 Å². The number of ketones is 1. The van der Waals surface area contributed by atoms with Crippen molar-refractivity contribution in [3.8, 4) is 0 Å². The number of benzene rings is 1. The van der Waals surface area contributed by atoms with Gasteiger partial charge in [0.1, 0.15) is 5.82 Å². The zero-order valence-corrected chi connectivity index (χ0v) is 7.84. The van der Waals surface area contributed by atoms with Gasteiger partial charge >= 0.3 is 0 Å². The molecule has 2 rings (SSSR count). The Hall–Kier alpha value is -2.04. The smallest absolute Gasteiger partial charge is 0.231 e. The molecule has 0 bridgehead atoms. The Morgan fingerprint density at radius 2 is 1.75 bits per heavy atom. The average molecular weight is 226 g/mol. The highest BCUT2D eigenvalue weighted by Crippen LogP contribution is 2.17. The van der Waals surface area contributed by atoms with Gasteiger partial charge < -0.3 is 4.42 Å².